The van der Waals surface area contributed by atoms with Crippen LogP contribution in [0.3, 0.4) is 0 Å². The Hall–Kier alpha value is -3.87. The summed E-state index contributed by atoms with van der Waals surface area (Å²) in [6.45, 7) is 0. The summed E-state index contributed by atoms with van der Waals surface area (Å²) in [5.41, 5.74) is 3.31. The molecule has 7 heteroatoms. The molecule has 0 fully saturated rings. The van der Waals surface area contributed by atoms with Gasteiger partial charge in [0.25, 0.3) is 5.91 Å². The van der Waals surface area contributed by atoms with Gasteiger partial charge in [-0.15, -0.1) is 0 Å². The van der Waals surface area contributed by atoms with Gasteiger partial charge >= 0.3 is 5.97 Å². The standard InChI is InChI=1S/C20H14FN3O3/c21-16-7-4-6-15(12-16)20(26)27-17-8-3-5-14(11-17)13-23-24-19(25)18-9-1-2-10-22-18/h1-13H,(H,24,25). The normalized spacial score (nSPS) is 10.6. The summed E-state index contributed by atoms with van der Waals surface area (Å²) in [5.74, 6) is -1.37. The Morgan fingerprint density at radius 3 is 2.67 bits per heavy atom. The van der Waals surface area contributed by atoms with Gasteiger partial charge in [-0.05, 0) is 48.0 Å². The van der Waals surface area contributed by atoms with Crippen molar-refractivity contribution in [1.29, 1.82) is 0 Å². The minimum atomic E-state index is -0.674. The van der Waals surface area contributed by atoms with E-state index in [1.165, 1.54) is 30.6 Å². The first kappa shape index (κ1) is 17.9. The van der Waals surface area contributed by atoms with Gasteiger partial charge in [-0.25, -0.2) is 14.6 Å². The van der Waals surface area contributed by atoms with E-state index >= 15 is 0 Å². The Kier molecular flexibility index (Phi) is 5.64. The Morgan fingerprint density at radius 2 is 1.89 bits per heavy atom. The molecule has 0 spiro atoms. The number of rotatable bonds is 5. The van der Waals surface area contributed by atoms with Crippen molar-refractivity contribution in [3.05, 3.63) is 95.6 Å². The minimum Gasteiger partial charge on any atom is -0.423 e. The van der Waals surface area contributed by atoms with E-state index in [2.05, 4.69) is 15.5 Å². The van der Waals surface area contributed by atoms with Crippen molar-refractivity contribution < 1.29 is 18.7 Å². The van der Waals surface area contributed by atoms with Crippen molar-refractivity contribution in [2.24, 2.45) is 5.10 Å². The number of esters is 1. The smallest absolute Gasteiger partial charge is 0.343 e. The maximum Gasteiger partial charge on any atom is 0.343 e. The number of hydrogen-bond donors (Lipinski definition) is 1. The van der Waals surface area contributed by atoms with Crippen molar-refractivity contribution in [1.82, 2.24) is 10.4 Å². The summed E-state index contributed by atoms with van der Waals surface area (Å²) in [6, 6.07) is 16.7. The molecule has 0 aliphatic rings. The second kappa shape index (κ2) is 8.48. The SMILES string of the molecule is O=C(Oc1cccc(C=NNC(=O)c2ccccn2)c1)c1cccc(F)c1. The summed E-state index contributed by atoms with van der Waals surface area (Å²) in [7, 11) is 0. The first-order chi connectivity index (χ1) is 13.1. The van der Waals surface area contributed by atoms with Crippen LogP contribution in [-0.2, 0) is 0 Å². The van der Waals surface area contributed by atoms with Gasteiger partial charge in [0.05, 0.1) is 11.8 Å². The Morgan fingerprint density at radius 1 is 1.04 bits per heavy atom. The van der Waals surface area contributed by atoms with E-state index < -0.39 is 17.7 Å². The number of hydrogen-bond acceptors (Lipinski definition) is 5. The fraction of sp³-hybridized carbons (Fsp3) is 0. The van der Waals surface area contributed by atoms with E-state index in [4.69, 9.17) is 4.74 Å². The average Bonchev–Trinajstić information content (AvgIpc) is 2.69. The topological polar surface area (TPSA) is 80.6 Å². The zero-order valence-corrected chi connectivity index (χ0v) is 14.0. The van der Waals surface area contributed by atoms with E-state index in [9.17, 15) is 14.0 Å². The van der Waals surface area contributed by atoms with Gasteiger partial charge in [0.2, 0.25) is 0 Å². The Bertz CT molecular complexity index is 991. The number of carbonyl (C=O) groups is 2. The summed E-state index contributed by atoms with van der Waals surface area (Å²) in [6.07, 6.45) is 2.91. The molecule has 134 valence electrons. The van der Waals surface area contributed by atoms with Crippen LogP contribution in [0.25, 0.3) is 0 Å². The lowest BCUT2D eigenvalue weighted by atomic mass is 10.2. The molecule has 0 unspecified atom stereocenters. The molecule has 1 amide bonds. The summed E-state index contributed by atoms with van der Waals surface area (Å²) in [5, 5.41) is 3.85. The number of aromatic nitrogens is 1. The second-order valence-electron chi connectivity index (χ2n) is 5.39. The van der Waals surface area contributed by atoms with Crippen LogP contribution in [0.1, 0.15) is 26.4 Å². The molecule has 6 nitrogen and oxygen atoms in total. The van der Waals surface area contributed by atoms with E-state index in [1.807, 2.05) is 0 Å². The molecule has 27 heavy (non-hydrogen) atoms. The van der Waals surface area contributed by atoms with Gasteiger partial charge in [0, 0.05) is 6.20 Å². The Labute approximate surface area is 154 Å². The molecule has 1 N–H and O–H groups in total. The second-order valence-corrected chi connectivity index (χ2v) is 5.39. The van der Waals surface area contributed by atoms with E-state index in [1.54, 1.807) is 42.5 Å². The highest BCUT2D eigenvalue weighted by Gasteiger charge is 2.09. The molecule has 0 bridgehead atoms. The maximum absolute atomic E-state index is 13.2. The molecule has 1 heterocycles. The molecule has 0 saturated heterocycles. The molecule has 0 atom stereocenters. The highest BCUT2D eigenvalue weighted by atomic mass is 19.1. The van der Waals surface area contributed by atoms with Crippen molar-refractivity contribution in [2.45, 2.75) is 0 Å². The molecule has 0 radical (unpaired) electrons. The summed E-state index contributed by atoms with van der Waals surface area (Å²) >= 11 is 0. The number of nitrogens with one attached hydrogen (secondary N) is 1. The monoisotopic (exact) mass is 363 g/mol. The Balaban J connectivity index is 1.63. The van der Waals surface area contributed by atoms with Crippen molar-refractivity contribution in [3.8, 4) is 5.75 Å². The lowest BCUT2D eigenvalue weighted by Gasteiger charge is -2.05. The van der Waals surface area contributed by atoms with Gasteiger partial charge in [0.15, 0.2) is 0 Å². The van der Waals surface area contributed by atoms with Crippen molar-refractivity contribution in [3.63, 3.8) is 0 Å². The number of hydrazone groups is 1. The molecule has 0 aliphatic carbocycles. The molecule has 0 aliphatic heterocycles. The first-order valence-electron chi connectivity index (χ1n) is 7.94. The quantitative estimate of drug-likeness (QED) is 0.327. The number of benzene rings is 2. The average molecular weight is 363 g/mol. The molecule has 3 rings (SSSR count). The number of halogens is 1. The third-order valence-corrected chi connectivity index (χ3v) is 3.41. The van der Waals surface area contributed by atoms with Crippen LogP contribution >= 0.6 is 0 Å². The lowest BCUT2D eigenvalue weighted by molar-refractivity contribution is 0.0734. The molecule has 2 aromatic carbocycles. The number of pyridine rings is 1. The van der Waals surface area contributed by atoms with Crippen LogP contribution < -0.4 is 10.2 Å². The van der Waals surface area contributed by atoms with Crippen LogP contribution in [0.15, 0.2) is 78.0 Å². The highest BCUT2D eigenvalue weighted by Crippen LogP contribution is 2.15. The third-order valence-electron chi connectivity index (χ3n) is 3.41. The fourth-order valence-corrected chi connectivity index (χ4v) is 2.16. The predicted octanol–water partition coefficient (Wildman–Crippen LogP) is 3.20. The molecule has 1 aromatic heterocycles. The van der Waals surface area contributed by atoms with Crippen molar-refractivity contribution >= 4 is 18.1 Å². The predicted molar refractivity (Wildman–Crippen MR) is 97.1 cm³/mol. The number of carbonyl (C=O) groups excluding carboxylic acids is 2. The van der Waals surface area contributed by atoms with Crippen LogP contribution in [0, 0.1) is 5.82 Å². The van der Waals surface area contributed by atoms with Gasteiger partial charge in [0.1, 0.15) is 17.3 Å². The van der Waals surface area contributed by atoms with Crippen LogP contribution in [0.2, 0.25) is 0 Å². The maximum atomic E-state index is 13.2. The summed E-state index contributed by atoms with van der Waals surface area (Å²) < 4.78 is 18.4. The van der Waals surface area contributed by atoms with Crippen LogP contribution in [0.5, 0.6) is 5.75 Å². The zero-order chi connectivity index (χ0) is 19.1. The van der Waals surface area contributed by atoms with Gasteiger partial charge in [-0.1, -0.05) is 24.3 Å². The van der Waals surface area contributed by atoms with Gasteiger partial charge in [-0.2, -0.15) is 5.10 Å². The number of amides is 1. The van der Waals surface area contributed by atoms with E-state index in [0.717, 1.165) is 6.07 Å². The minimum absolute atomic E-state index is 0.108. The van der Waals surface area contributed by atoms with Crippen molar-refractivity contribution in [2.75, 3.05) is 0 Å². The van der Waals surface area contributed by atoms with E-state index in [-0.39, 0.29) is 17.0 Å². The highest BCUT2D eigenvalue weighted by molar-refractivity contribution is 5.93. The zero-order valence-electron chi connectivity index (χ0n) is 14.0. The van der Waals surface area contributed by atoms with Crippen LogP contribution in [0.4, 0.5) is 4.39 Å². The van der Waals surface area contributed by atoms with Crippen LogP contribution in [-0.4, -0.2) is 23.1 Å². The molecule has 3 aromatic rings. The van der Waals surface area contributed by atoms with Gasteiger partial charge in [-0.3, -0.25) is 9.78 Å². The fourth-order valence-electron chi connectivity index (χ4n) is 2.16. The first-order valence-corrected chi connectivity index (χ1v) is 7.94. The van der Waals surface area contributed by atoms with Gasteiger partial charge < -0.3 is 4.74 Å². The molecule has 0 saturated carbocycles. The summed E-state index contributed by atoms with van der Waals surface area (Å²) in [4.78, 5) is 27.8. The third kappa shape index (κ3) is 5.05. The largest absolute Gasteiger partial charge is 0.423 e. The van der Waals surface area contributed by atoms with E-state index in [0.29, 0.717) is 5.56 Å². The lowest BCUT2D eigenvalue weighted by Crippen LogP contribution is -2.18. The molecular weight excluding hydrogens is 349 g/mol. The number of ether oxygens (including phenoxy) is 1. The number of nitrogens with zero attached hydrogens (tertiary/aromatic N) is 2. The molecular formula is C20H14FN3O3.